The molecule has 2 aliphatic rings. The SMILES string of the molecule is CN1CCCC(NC(=O)C2CCCN2)C1=O.Cl. The molecule has 17 heavy (non-hydrogen) atoms. The standard InChI is InChI=1S/C11H19N3O2.ClH/c1-14-7-3-5-9(11(14)16)13-10(15)8-4-2-6-12-8;/h8-9,12H,2-7H2,1H3,(H,13,15);1H. The van der Waals surface area contributed by atoms with Gasteiger partial charge in [-0.15, -0.1) is 12.4 Å². The average Bonchev–Trinajstić information content (AvgIpc) is 2.78. The Bertz CT molecular complexity index is 292. The van der Waals surface area contributed by atoms with Gasteiger partial charge in [-0.1, -0.05) is 0 Å². The van der Waals surface area contributed by atoms with Crippen LogP contribution in [0.25, 0.3) is 0 Å². The third-order valence-corrected chi connectivity index (χ3v) is 3.35. The van der Waals surface area contributed by atoms with E-state index in [0.29, 0.717) is 0 Å². The van der Waals surface area contributed by atoms with E-state index in [1.165, 1.54) is 0 Å². The Morgan fingerprint density at radius 1 is 1.41 bits per heavy atom. The van der Waals surface area contributed by atoms with Crippen molar-refractivity contribution in [3.8, 4) is 0 Å². The number of hydrogen-bond acceptors (Lipinski definition) is 3. The first-order valence-corrected chi connectivity index (χ1v) is 5.97. The van der Waals surface area contributed by atoms with Gasteiger partial charge < -0.3 is 15.5 Å². The van der Waals surface area contributed by atoms with Gasteiger partial charge in [0.15, 0.2) is 0 Å². The maximum absolute atomic E-state index is 11.8. The zero-order valence-electron chi connectivity index (χ0n) is 10.1. The highest BCUT2D eigenvalue weighted by molar-refractivity contribution is 5.90. The van der Waals surface area contributed by atoms with Gasteiger partial charge in [0.25, 0.3) is 0 Å². The van der Waals surface area contributed by atoms with Crippen LogP contribution in [0.1, 0.15) is 25.7 Å². The van der Waals surface area contributed by atoms with Crippen LogP contribution in [-0.2, 0) is 9.59 Å². The van der Waals surface area contributed by atoms with Gasteiger partial charge in [0, 0.05) is 13.6 Å². The molecular weight excluding hydrogens is 242 g/mol. The smallest absolute Gasteiger partial charge is 0.244 e. The van der Waals surface area contributed by atoms with Crippen molar-refractivity contribution in [1.82, 2.24) is 15.5 Å². The summed E-state index contributed by atoms with van der Waals surface area (Å²) >= 11 is 0. The normalized spacial score (nSPS) is 28.8. The molecule has 0 aromatic carbocycles. The van der Waals surface area contributed by atoms with Gasteiger partial charge in [-0.3, -0.25) is 9.59 Å². The first kappa shape index (κ1) is 14.3. The van der Waals surface area contributed by atoms with E-state index in [9.17, 15) is 9.59 Å². The predicted molar refractivity (Wildman–Crippen MR) is 67.1 cm³/mol. The highest BCUT2D eigenvalue weighted by Gasteiger charge is 2.30. The Hall–Kier alpha value is -0.810. The van der Waals surface area contributed by atoms with Crippen LogP contribution in [-0.4, -0.2) is 48.9 Å². The highest BCUT2D eigenvalue weighted by Crippen LogP contribution is 2.11. The molecule has 2 rings (SSSR count). The zero-order valence-corrected chi connectivity index (χ0v) is 10.9. The van der Waals surface area contributed by atoms with Crippen molar-refractivity contribution in [1.29, 1.82) is 0 Å². The number of piperidine rings is 1. The summed E-state index contributed by atoms with van der Waals surface area (Å²) in [5.74, 6) is 0.0174. The van der Waals surface area contributed by atoms with Crippen molar-refractivity contribution in [3.05, 3.63) is 0 Å². The first-order chi connectivity index (χ1) is 7.68. The van der Waals surface area contributed by atoms with Gasteiger partial charge >= 0.3 is 0 Å². The Morgan fingerprint density at radius 2 is 2.18 bits per heavy atom. The zero-order chi connectivity index (χ0) is 11.5. The maximum atomic E-state index is 11.8. The number of halogens is 1. The summed E-state index contributed by atoms with van der Waals surface area (Å²) in [4.78, 5) is 25.3. The quantitative estimate of drug-likeness (QED) is 0.730. The van der Waals surface area contributed by atoms with Crippen LogP contribution in [0, 0.1) is 0 Å². The Balaban J connectivity index is 0.00000144. The fraction of sp³-hybridized carbons (Fsp3) is 0.818. The number of rotatable bonds is 2. The summed E-state index contributed by atoms with van der Waals surface area (Å²) < 4.78 is 0. The van der Waals surface area contributed by atoms with Gasteiger partial charge in [0.2, 0.25) is 11.8 Å². The summed E-state index contributed by atoms with van der Waals surface area (Å²) in [6, 6.07) is -0.409. The molecule has 0 saturated carbocycles. The molecule has 2 heterocycles. The van der Waals surface area contributed by atoms with Crippen molar-refractivity contribution in [2.24, 2.45) is 0 Å². The van der Waals surface area contributed by atoms with Crippen LogP contribution in [0.3, 0.4) is 0 Å². The van der Waals surface area contributed by atoms with Crippen LogP contribution in [0.2, 0.25) is 0 Å². The van der Waals surface area contributed by atoms with Gasteiger partial charge in [-0.05, 0) is 32.2 Å². The van der Waals surface area contributed by atoms with Crippen LogP contribution < -0.4 is 10.6 Å². The molecule has 0 aromatic rings. The number of likely N-dealkylation sites (tertiary alicyclic amines) is 1. The molecule has 98 valence electrons. The number of nitrogens with one attached hydrogen (secondary N) is 2. The number of likely N-dealkylation sites (N-methyl/N-ethyl adjacent to an activating group) is 1. The lowest BCUT2D eigenvalue weighted by atomic mass is 10.0. The lowest BCUT2D eigenvalue weighted by Crippen LogP contribution is -2.54. The van der Waals surface area contributed by atoms with E-state index in [1.807, 2.05) is 0 Å². The van der Waals surface area contributed by atoms with E-state index in [-0.39, 0.29) is 36.3 Å². The van der Waals surface area contributed by atoms with E-state index in [2.05, 4.69) is 10.6 Å². The molecule has 2 amide bonds. The van der Waals surface area contributed by atoms with Crippen molar-refractivity contribution in [2.75, 3.05) is 20.1 Å². The van der Waals surface area contributed by atoms with E-state index >= 15 is 0 Å². The fourth-order valence-electron chi connectivity index (χ4n) is 2.35. The molecule has 2 aliphatic heterocycles. The first-order valence-electron chi connectivity index (χ1n) is 5.97. The van der Waals surface area contributed by atoms with Crippen LogP contribution in [0.15, 0.2) is 0 Å². The van der Waals surface area contributed by atoms with Gasteiger partial charge in [-0.25, -0.2) is 0 Å². The van der Waals surface area contributed by atoms with Crippen LogP contribution >= 0.6 is 12.4 Å². The molecular formula is C11H20ClN3O2. The van der Waals surface area contributed by atoms with Gasteiger partial charge in [0.05, 0.1) is 6.04 Å². The van der Waals surface area contributed by atoms with Crippen molar-refractivity contribution in [3.63, 3.8) is 0 Å². The Labute approximate surface area is 108 Å². The average molecular weight is 262 g/mol. The topological polar surface area (TPSA) is 61.4 Å². The molecule has 2 atom stereocenters. The van der Waals surface area contributed by atoms with E-state index in [4.69, 9.17) is 0 Å². The van der Waals surface area contributed by atoms with E-state index in [0.717, 1.165) is 38.8 Å². The largest absolute Gasteiger partial charge is 0.344 e. The second-order valence-electron chi connectivity index (χ2n) is 4.61. The minimum absolute atomic E-state index is 0. The highest BCUT2D eigenvalue weighted by atomic mass is 35.5. The number of hydrogen-bond donors (Lipinski definition) is 2. The Kier molecular flexibility index (Phi) is 5.21. The molecule has 0 aromatic heterocycles. The van der Waals surface area contributed by atoms with Crippen molar-refractivity contribution < 1.29 is 9.59 Å². The third-order valence-electron chi connectivity index (χ3n) is 3.35. The summed E-state index contributed by atoms with van der Waals surface area (Å²) in [5.41, 5.74) is 0. The molecule has 6 heteroatoms. The fourth-order valence-corrected chi connectivity index (χ4v) is 2.35. The number of carbonyl (C=O) groups excluding carboxylic acids is 2. The molecule has 2 N–H and O–H groups in total. The van der Waals surface area contributed by atoms with Crippen molar-refractivity contribution >= 4 is 24.2 Å². The van der Waals surface area contributed by atoms with Crippen molar-refractivity contribution in [2.45, 2.75) is 37.8 Å². The molecule has 0 spiro atoms. The minimum atomic E-state index is -0.311. The number of nitrogens with zero attached hydrogens (tertiary/aromatic N) is 1. The molecule has 0 bridgehead atoms. The molecule has 2 saturated heterocycles. The summed E-state index contributed by atoms with van der Waals surface area (Å²) in [6.45, 7) is 1.70. The van der Waals surface area contributed by atoms with Gasteiger partial charge in [0.1, 0.15) is 6.04 Å². The summed E-state index contributed by atoms with van der Waals surface area (Å²) in [5, 5.41) is 5.98. The second-order valence-corrected chi connectivity index (χ2v) is 4.61. The summed E-state index contributed by atoms with van der Waals surface area (Å²) in [7, 11) is 1.79. The monoisotopic (exact) mass is 261 g/mol. The number of carbonyl (C=O) groups is 2. The third kappa shape index (κ3) is 3.33. The Morgan fingerprint density at radius 3 is 2.82 bits per heavy atom. The maximum Gasteiger partial charge on any atom is 0.244 e. The van der Waals surface area contributed by atoms with E-state index in [1.54, 1.807) is 11.9 Å². The number of amides is 2. The lowest BCUT2D eigenvalue weighted by Gasteiger charge is -2.30. The molecule has 0 aliphatic carbocycles. The molecule has 2 unspecified atom stereocenters. The predicted octanol–water partition coefficient (Wildman–Crippen LogP) is -0.103. The molecule has 0 radical (unpaired) electrons. The van der Waals surface area contributed by atoms with Crippen LogP contribution in [0.5, 0.6) is 0 Å². The molecule has 2 fully saturated rings. The lowest BCUT2D eigenvalue weighted by molar-refractivity contribution is -0.137. The second kappa shape index (κ2) is 6.21. The molecule has 5 nitrogen and oxygen atoms in total. The summed E-state index contributed by atoms with van der Waals surface area (Å²) in [6.07, 6.45) is 3.64. The minimum Gasteiger partial charge on any atom is -0.344 e. The van der Waals surface area contributed by atoms with Crippen LogP contribution in [0.4, 0.5) is 0 Å². The van der Waals surface area contributed by atoms with Gasteiger partial charge in [-0.2, -0.15) is 0 Å². The van der Waals surface area contributed by atoms with E-state index < -0.39 is 0 Å².